The van der Waals surface area contributed by atoms with E-state index < -0.39 is 5.91 Å². The van der Waals surface area contributed by atoms with E-state index in [1.54, 1.807) is 24.7 Å². The molecule has 0 atom stereocenters. The molecule has 0 spiro atoms. The number of primary amides is 1. The van der Waals surface area contributed by atoms with E-state index in [0.29, 0.717) is 15.8 Å². The van der Waals surface area contributed by atoms with E-state index in [0.717, 1.165) is 53.3 Å². The number of ether oxygens (including phenoxy) is 2. The van der Waals surface area contributed by atoms with Crippen LogP contribution in [0.2, 0.25) is 5.15 Å². The Morgan fingerprint density at radius 1 is 1.24 bits per heavy atom. The van der Waals surface area contributed by atoms with Crippen LogP contribution < -0.4 is 20.5 Å². The molecule has 8 nitrogen and oxygen atoms in total. The van der Waals surface area contributed by atoms with Crippen molar-refractivity contribution >= 4 is 39.9 Å². The van der Waals surface area contributed by atoms with Gasteiger partial charge in [0.25, 0.3) is 5.91 Å². The molecule has 3 N–H and O–H groups in total. The Morgan fingerprint density at radius 3 is 2.88 bits per heavy atom. The van der Waals surface area contributed by atoms with Crippen molar-refractivity contribution in [2.24, 2.45) is 5.73 Å². The van der Waals surface area contributed by atoms with Crippen LogP contribution in [-0.2, 0) is 6.61 Å². The van der Waals surface area contributed by atoms with Gasteiger partial charge in [0.1, 0.15) is 45.6 Å². The number of hydrogen-bond donors (Lipinski definition) is 2. The van der Waals surface area contributed by atoms with Crippen molar-refractivity contribution in [3.63, 3.8) is 0 Å². The van der Waals surface area contributed by atoms with Crippen LogP contribution in [0.5, 0.6) is 11.5 Å². The first-order valence-corrected chi connectivity index (χ1v) is 11.8. The summed E-state index contributed by atoms with van der Waals surface area (Å²) in [6, 6.07) is 11.2. The molecule has 170 valence electrons. The minimum absolute atomic E-state index is 0.169. The zero-order valence-electron chi connectivity index (χ0n) is 17.7. The number of halogens is 1. The number of rotatable bonds is 7. The maximum Gasteiger partial charge on any atom is 0.262 e. The van der Waals surface area contributed by atoms with E-state index in [9.17, 15) is 4.79 Å². The highest BCUT2D eigenvalue weighted by atomic mass is 35.5. The Labute approximate surface area is 199 Å². The Kier molecular flexibility index (Phi) is 6.17. The summed E-state index contributed by atoms with van der Waals surface area (Å²) < 4.78 is 14.0. The number of fused-ring (bicyclic) bond motifs is 1. The lowest BCUT2D eigenvalue weighted by Crippen LogP contribution is -2.34. The number of hydrogen-bond acceptors (Lipinski definition) is 7. The van der Waals surface area contributed by atoms with Gasteiger partial charge in [0.15, 0.2) is 0 Å². The second kappa shape index (κ2) is 9.38. The highest BCUT2D eigenvalue weighted by molar-refractivity contribution is 7.16. The fourth-order valence-electron chi connectivity index (χ4n) is 3.78. The fourth-order valence-corrected chi connectivity index (χ4v) is 4.90. The van der Waals surface area contributed by atoms with E-state index in [4.69, 9.17) is 26.8 Å². The number of imidazole rings is 1. The lowest BCUT2D eigenvalue weighted by atomic mass is 10.1. The third-order valence-electron chi connectivity index (χ3n) is 5.47. The molecule has 0 bridgehead atoms. The SMILES string of the molecule is NC(=O)c1sc(-n2cnc3ccc(OC4CCNCC4)cc32)cc1OCc1cccnc1Cl. The molecular formula is C23H22ClN5O3S. The number of amides is 1. The minimum Gasteiger partial charge on any atom is -0.490 e. The normalized spacial score (nSPS) is 14.5. The largest absolute Gasteiger partial charge is 0.490 e. The summed E-state index contributed by atoms with van der Waals surface area (Å²) >= 11 is 7.37. The monoisotopic (exact) mass is 483 g/mol. The summed E-state index contributed by atoms with van der Waals surface area (Å²) in [6.07, 6.45) is 5.48. The zero-order chi connectivity index (χ0) is 22.8. The fraction of sp³-hybridized carbons (Fsp3) is 0.261. The number of carbonyl (C=O) groups is 1. The standard InChI is InChI=1S/C23H22ClN5O3S/c24-22-14(2-1-7-27-22)12-31-19-11-20(33-21(19)23(25)30)29-13-28-17-4-3-16(10-18(17)29)32-15-5-8-26-9-6-15/h1-4,7,10-11,13,15,26H,5-6,8-9,12H2,(H2,25,30). The minimum atomic E-state index is -0.558. The molecule has 1 aliphatic heterocycles. The maximum absolute atomic E-state index is 12.1. The lowest BCUT2D eigenvalue weighted by Gasteiger charge is -2.23. The number of nitrogens with one attached hydrogen (secondary N) is 1. The second-order valence-corrected chi connectivity index (χ2v) is 9.11. The Bertz CT molecular complexity index is 1300. The van der Waals surface area contributed by atoms with Gasteiger partial charge in [-0.05, 0) is 44.1 Å². The van der Waals surface area contributed by atoms with Crippen LogP contribution in [0.25, 0.3) is 16.0 Å². The molecule has 1 fully saturated rings. The number of carbonyl (C=O) groups excluding carboxylic acids is 1. The molecule has 0 radical (unpaired) electrons. The van der Waals surface area contributed by atoms with Crippen LogP contribution in [0, 0.1) is 0 Å². The smallest absolute Gasteiger partial charge is 0.262 e. The number of nitrogens with two attached hydrogens (primary N) is 1. The van der Waals surface area contributed by atoms with Gasteiger partial charge in [-0.1, -0.05) is 17.7 Å². The Balaban J connectivity index is 1.43. The van der Waals surface area contributed by atoms with Crippen molar-refractivity contribution in [3.8, 4) is 16.5 Å². The highest BCUT2D eigenvalue weighted by Gasteiger charge is 2.19. The molecule has 10 heteroatoms. The van der Waals surface area contributed by atoms with Gasteiger partial charge in [-0.25, -0.2) is 9.97 Å². The molecular weight excluding hydrogens is 462 g/mol. The second-order valence-electron chi connectivity index (χ2n) is 7.72. The van der Waals surface area contributed by atoms with E-state index in [1.807, 2.05) is 28.8 Å². The van der Waals surface area contributed by atoms with Gasteiger partial charge in [0, 0.05) is 23.9 Å². The number of piperidine rings is 1. The van der Waals surface area contributed by atoms with E-state index >= 15 is 0 Å². The number of aromatic nitrogens is 3. The highest BCUT2D eigenvalue weighted by Crippen LogP contribution is 2.35. The third-order valence-corrected chi connectivity index (χ3v) is 6.94. The van der Waals surface area contributed by atoms with Crippen molar-refractivity contribution in [3.05, 3.63) is 64.5 Å². The predicted molar refractivity (Wildman–Crippen MR) is 128 cm³/mol. The lowest BCUT2D eigenvalue weighted by molar-refractivity contribution is 0.1000. The average Bonchev–Trinajstić information content (AvgIpc) is 3.43. The first kappa shape index (κ1) is 21.7. The Hall–Kier alpha value is -3.14. The van der Waals surface area contributed by atoms with Gasteiger partial charge in [-0.15, -0.1) is 11.3 Å². The Morgan fingerprint density at radius 2 is 2.09 bits per heavy atom. The maximum atomic E-state index is 12.1. The number of benzene rings is 1. The van der Waals surface area contributed by atoms with Crippen LogP contribution in [0.1, 0.15) is 28.1 Å². The van der Waals surface area contributed by atoms with Crippen LogP contribution in [0.4, 0.5) is 0 Å². The molecule has 3 aromatic heterocycles. The quantitative estimate of drug-likeness (QED) is 0.386. The van der Waals surface area contributed by atoms with Crippen LogP contribution in [0.3, 0.4) is 0 Å². The molecule has 4 heterocycles. The zero-order valence-corrected chi connectivity index (χ0v) is 19.2. The van der Waals surface area contributed by atoms with Gasteiger partial charge < -0.3 is 20.5 Å². The molecule has 1 amide bonds. The number of pyridine rings is 1. The summed E-state index contributed by atoms with van der Waals surface area (Å²) in [5, 5.41) is 4.46. The van der Waals surface area contributed by atoms with E-state index in [-0.39, 0.29) is 12.7 Å². The van der Waals surface area contributed by atoms with Crippen molar-refractivity contribution < 1.29 is 14.3 Å². The molecule has 0 saturated carbocycles. The van der Waals surface area contributed by atoms with E-state index in [1.165, 1.54) is 11.3 Å². The van der Waals surface area contributed by atoms with E-state index in [2.05, 4.69) is 15.3 Å². The summed E-state index contributed by atoms with van der Waals surface area (Å²) in [5.41, 5.74) is 8.04. The summed E-state index contributed by atoms with van der Waals surface area (Å²) in [7, 11) is 0. The van der Waals surface area contributed by atoms with Crippen molar-refractivity contribution in [1.82, 2.24) is 19.9 Å². The molecule has 5 rings (SSSR count). The number of nitrogens with zero attached hydrogens (tertiary/aromatic N) is 3. The van der Waals surface area contributed by atoms with Crippen LogP contribution in [-0.4, -0.2) is 39.6 Å². The first-order valence-electron chi connectivity index (χ1n) is 10.6. The molecule has 0 aliphatic carbocycles. The third kappa shape index (κ3) is 4.66. The van der Waals surface area contributed by atoms with Crippen LogP contribution in [0.15, 0.2) is 48.9 Å². The molecule has 0 unspecified atom stereocenters. The molecule has 33 heavy (non-hydrogen) atoms. The predicted octanol–water partition coefficient (Wildman–Crippen LogP) is 3.94. The summed E-state index contributed by atoms with van der Waals surface area (Å²) in [5.74, 6) is 0.634. The van der Waals surface area contributed by atoms with Gasteiger partial charge >= 0.3 is 0 Å². The van der Waals surface area contributed by atoms with Gasteiger partial charge in [0.05, 0.1) is 11.0 Å². The molecule has 1 saturated heterocycles. The first-order chi connectivity index (χ1) is 16.1. The van der Waals surface area contributed by atoms with Gasteiger partial charge in [0.2, 0.25) is 0 Å². The molecule has 4 aromatic rings. The number of thiophene rings is 1. The molecule has 1 aromatic carbocycles. The van der Waals surface area contributed by atoms with Crippen LogP contribution >= 0.6 is 22.9 Å². The van der Waals surface area contributed by atoms with Crippen molar-refractivity contribution in [1.29, 1.82) is 0 Å². The summed E-state index contributed by atoms with van der Waals surface area (Å²) in [6.45, 7) is 2.09. The molecule has 1 aliphatic rings. The topological polar surface area (TPSA) is 104 Å². The van der Waals surface area contributed by atoms with Gasteiger partial charge in [-0.2, -0.15) is 0 Å². The summed E-state index contributed by atoms with van der Waals surface area (Å²) in [4.78, 5) is 21.0. The van der Waals surface area contributed by atoms with Crippen molar-refractivity contribution in [2.45, 2.75) is 25.6 Å². The average molecular weight is 484 g/mol. The van der Waals surface area contributed by atoms with Gasteiger partial charge in [-0.3, -0.25) is 9.36 Å². The van der Waals surface area contributed by atoms with Crippen molar-refractivity contribution in [2.75, 3.05) is 13.1 Å².